The van der Waals surface area contributed by atoms with Crippen molar-refractivity contribution >= 4 is 16.6 Å². The molecule has 5 nitrogen and oxygen atoms in total. The van der Waals surface area contributed by atoms with Crippen LogP contribution >= 0.6 is 0 Å². The van der Waals surface area contributed by atoms with Crippen LogP contribution in [0.2, 0.25) is 0 Å². The van der Waals surface area contributed by atoms with E-state index in [4.69, 9.17) is 9.84 Å². The molecule has 0 atom stereocenters. The van der Waals surface area contributed by atoms with Crippen LogP contribution < -0.4 is 5.32 Å². The molecule has 1 aliphatic heterocycles. The van der Waals surface area contributed by atoms with Crippen molar-refractivity contribution in [1.29, 1.82) is 0 Å². The zero-order valence-electron chi connectivity index (χ0n) is 16.9. The molecule has 1 saturated heterocycles. The normalized spacial score (nSPS) is 15.7. The maximum absolute atomic E-state index is 5.47. The minimum Gasteiger partial charge on any atom is -0.381 e. The maximum atomic E-state index is 5.47. The third-order valence-electron chi connectivity index (χ3n) is 5.80. The van der Waals surface area contributed by atoms with Gasteiger partial charge in [-0.15, -0.1) is 5.10 Å². The predicted molar refractivity (Wildman–Crippen MR) is 113 cm³/mol. The summed E-state index contributed by atoms with van der Waals surface area (Å²) in [6.45, 7) is 9.05. The number of ether oxygens (including phenoxy) is 1. The summed E-state index contributed by atoms with van der Waals surface area (Å²) >= 11 is 0. The highest BCUT2D eigenvalue weighted by Crippen LogP contribution is 2.36. The Morgan fingerprint density at radius 3 is 2.57 bits per heavy atom. The fourth-order valence-electron chi connectivity index (χ4n) is 3.96. The van der Waals surface area contributed by atoms with Crippen LogP contribution in [0.1, 0.15) is 43.6 Å². The number of pyridine rings is 1. The molecule has 3 aromatic rings. The van der Waals surface area contributed by atoms with E-state index in [1.165, 1.54) is 5.56 Å². The Hall–Kier alpha value is -2.53. The second kappa shape index (κ2) is 7.84. The van der Waals surface area contributed by atoms with Gasteiger partial charge in [-0.2, -0.15) is 5.10 Å². The van der Waals surface area contributed by atoms with Gasteiger partial charge in [-0.25, -0.2) is 0 Å². The quantitative estimate of drug-likeness (QED) is 0.710. The van der Waals surface area contributed by atoms with Crippen molar-refractivity contribution in [3.8, 4) is 0 Å². The summed E-state index contributed by atoms with van der Waals surface area (Å²) in [5, 5.41) is 15.1. The lowest BCUT2D eigenvalue weighted by Crippen LogP contribution is -2.24. The Balaban J connectivity index is 1.69. The van der Waals surface area contributed by atoms with E-state index in [0.29, 0.717) is 5.92 Å². The van der Waals surface area contributed by atoms with E-state index in [2.05, 4.69) is 65.6 Å². The van der Waals surface area contributed by atoms with E-state index >= 15 is 0 Å². The number of rotatable bonds is 5. The summed E-state index contributed by atoms with van der Waals surface area (Å²) < 4.78 is 5.47. The molecule has 0 unspecified atom stereocenters. The average Bonchev–Trinajstić information content (AvgIpc) is 2.72. The Bertz CT molecular complexity index is 964. The highest BCUT2D eigenvalue weighted by atomic mass is 16.5. The van der Waals surface area contributed by atoms with Gasteiger partial charge in [-0.05, 0) is 43.4 Å². The molecular formula is C23H28N4O. The molecule has 0 bridgehead atoms. The first-order valence-electron chi connectivity index (χ1n) is 10.1. The largest absolute Gasteiger partial charge is 0.381 e. The fraction of sp³-hybridized carbons (Fsp3) is 0.435. The van der Waals surface area contributed by atoms with Crippen molar-refractivity contribution in [2.45, 2.75) is 39.0 Å². The Morgan fingerprint density at radius 1 is 1.07 bits per heavy atom. The van der Waals surface area contributed by atoms with Gasteiger partial charge < -0.3 is 10.1 Å². The van der Waals surface area contributed by atoms with Gasteiger partial charge in [-0.3, -0.25) is 4.98 Å². The van der Waals surface area contributed by atoms with Gasteiger partial charge in [0.05, 0.1) is 5.69 Å². The van der Waals surface area contributed by atoms with Crippen molar-refractivity contribution in [2.24, 2.45) is 5.92 Å². The van der Waals surface area contributed by atoms with E-state index in [0.717, 1.165) is 60.6 Å². The van der Waals surface area contributed by atoms with Crippen LogP contribution in [0.15, 0.2) is 42.6 Å². The first-order chi connectivity index (χ1) is 13.6. The van der Waals surface area contributed by atoms with E-state index in [9.17, 15) is 0 Å². The third-order valence-corrected chi connectivity index (χ3v) is 5.80. The monoisotopic (exact) mass is 376 g/mol. The molecule has 0 amide bonds. The number of hydrogen-bond donors (Lipinski definition) is 1. The summed E-state index contributed by atoms with van der Waals surface area (Å²) in [4.78, 5) is 4.34. The molecule has 146 valence electrons. The first kappa shape index (κ1) is 18.8. The second-order valence-corrected chi connectivity index (χ2v) is 8.19. The van der Waals surface area contributed by atoms with Gasteiger partial charge in [-0.1, -0.05) is 38.1 Å². The summed E-state index contributed by atoms with van der Waals surface area (Å²) in [5.41, 5.74) is 2.93. The molecule has 1 fully saturated rings. The molecule has 1 aliphatic rings. The van der Waals surface area contributed by atoms with Crippen LogP contribution in [0, 0.1) is 12.8 Å². The molecular weight excluding hydrogens is 348 g/mol. The van der Waals surface area contributed by atoms with Crippen LogP contribution in [0.25, 0.3) is 10.8 Å². The smallest absolute Gasteiger partial charge is 0.156 e. The molecule has 0 aliphatic carbocycles. The highest BCUT2D eigenvalue weighted by Gasteiger charge is 2.28. The van der Waals surface area contributed by atoms with E-state index < -0.39 is 0 Å². The molecule has 0 radical (unpaired) electrons. The van der Waals surface area contributed by atoms with Gasteiger partial charge in [0.2, 0.25) is 0 Å². The van der Waals surface area contributed by atoms with E-state index in [1.807, 2.05) is 13.1 Å². The summed E-state index contributed by atoms with van der Waals surface area (Å²) in [7, 11) is 0. The van der Waals surface area contributed by atoms with Gasteiger partial charge in [0.1, 0.15) is 0 Å². The first-order valence-corrected chi connectivity index (χ1v) is 10.1. The van der Waals surface area contributed by atoms with Gasteiger partial charge in [0.15, 0.2) is 5.82 Å². The maximum Gasteiger partial charge on any atom is 0.156 e. The van der Waals surface area contributed by atoms with Crippen LogP contribution in [-0.4, -0.2) is 34.9 Å². The molecule has 1 N–H and O–H groups in total. The predicted octanol–water partition coefficient (Wildman–Crippen LogP) is 4.50. The lowest BCUT2D eigenvalue weighted by atomic mass is 9.79. The Kier molecular flexibility index (Phi) is 5.27. The number of aryl methyl sites for hydroxylation is 1. The summed E-state index contributed by atoms with van der Waals surface area (Å²) in [6, 6.07) is 12.6. The van der Waals surface area contributed by atoms with Crippen molar-refractivity contribution < 1.29 is 4.74 Å². The lowest BCUT2D eigenvalue weighted by Gasteiger charge is -2.27. The van der Waals surface area contributed by atoms with Crippen LogP contribution in [0.5, 0.6) is 0 Å². The fourth-order valence-corrected chi connectivity index (χ4v) is 3.96. The Labute approximate surface area is 166 Å². The minimum absolute atomic E-state index is 0.264. The molecule has 1 aromatic carbocycles. The molecule has 28 heavy (non-hydrogen) atoms. The SMILES string of the molecule is Cc1cc(C(C)(C)c2nnc(NCC3CCOCC3)c3ccccc23)ccn1. The number of nitrogens with one attached hydrogen (secondary N) is 1. The zero-order valence-corrected chi connectivity index (χ0v) is 16.9. The van der Waals surface area contributed by atoms with E-state index in [-0.39, 0.29) is 5.41 Å². The topological polar surface area (TPSA) is 59.9 Å². The number of benzene rings is 1. The van der Waals surface area contributed by atoms with Crippen molar-refractivity contribution in [3.05, 3.63) is 59.5 Å². The molecule has 0 spiro atoms. The van der Waals surface area contributed by atoms with Crippen LogP contribution in [-0.2, 0) is 10.2 Å². The number of anilines is 1. The Morgan fingerprint density at radius 2 is 1.82 bits per heavy atom. The van der Waals surface area contributed by atoms with Gasteiger partial charge in [0.25, 0.3) is 0 Å². The van der Waals surface area contributed by atoms with Crippen molar-refractivity contribution in [3.63, 3.8) is 0 Å². The number of nitrogens with zero attached hydrogens (tertiary/aromatic N) is 3. The summed E-state index contributed by atoms with van der Waals surface area (Å²) in [6.07, 6.45) is 4.07. The van der Waals surface area contributed by atoms with Gasteiger partial charge in [0, 0.05) is 47.8 Å². The van der Waals surface area contributed by atoms with Crippen LogP contribution in [0.4, 0.5) is 5.82 Å². The molecule has 4 rings (SSSR count). The number of fused-ring (bicyclic) bond motifs is 1. The molecule has 2 aromatic heterocycles. The lowest BCUT2D eigenvalue weighted by molar-refractivity contribution is 0.0699. The highest BCUT2D eigenvalue weighted by molar-refractivity contribution is 5.93. The second-order valence-electron chi connectivity index (χ2n) is 8.19. The standard InChI is InChI=1S/C23H28N4O/c1-16-14-18(8-11-24-16)23(2,3)21-19-6-4-5-7-20(19)22(27-26-21)25-15-17-9-12-28-13-10-17/h4-8,11,14,17H,9-10,12-13,15H2,1-3H3,(H,25,27). The van der Waals surface area contributed by atoms with Crippen molar-refractivity contribution in [2.75, 3.05) is 25.1 Å². The molecule has 5 heteroatoms. The average molecular weight is 377 g/mol. The molecule has 3 heterocycles. The number of hydrogen-bond acceptors (Lipinski definition) is 5. The van der Waals surface area contributed by atoms with Gasteiger partial charge >= 0.3 is 0 Å². The minimum atomic E-state index is -0.264. The van der Waals surface area contributed by atoms with E-state index in [1.54, 1.807) is 0 Å². The zero-order chi connectivity index (χ0) is 19.6. The van der Waals surface area contributed by atoms with Crippen LogP contribution in [0.3, 0.4) is 0 Å². The number of aromatic nitrogens is 3. The third kappa shape index (κ3) is 3.72. The summed E-state index contributed by atoms with van der Waals surface area (Å²) in [5.74, 6) is 1.50. The molecule has 0 saturated carbocycles. The van der Waals surface area contributed by atoms with Crippen molar-refractivity contribution in [1.82, 2.24) is 15.2 Å².